The van der Waals surface area contributed by atoms with Gasteiger partial charge >= 0.3 is 5.97 Å². The van der Waals surface area contributed by atoms with E-state index in [2.05, 4.69) is 0 Å². The van der Waals surface area contributed by atoms with Crippen LogP contribution >= 0.6 is 0 Å². The quantitative estimate of drug-likeness (QED) is 0.663. The molecule has 3 heteroatoms. The van der Waals surface area contributed by atoms with E-state index in [1.54, 1.807) is 0 Å². The van der Waals surface area contributed by atoms with Crippen LogP contribution in [0.25, 0.3) is 0 Å². The third-order valence-corrected chi connectivity index (χ3v) is 1.73. The van der Waals surface area contributed by atoms with Crippen molar-refractivity contribution in [3.8, 4) is 0 Å². The number of carboxylic acids is 1. The molecule has 11 heavy (non-hydrogen) atoms. The zero-order valence-electron chi connectivity index (χ0n) is 7.33. The summed E-state index contributed by atoms with van der Waals surface area (Å²) in [7, 11) is 0. The molecule has 0 aliphatic rings. The van der Waals surface area contributed by atoms with Gasteiger partial charge in [0.25, 0.3) is 0 Å². The summed E-state index contributed by atoms with van der Waals surface area (Å²) in [6, 6.07) is 0. The number of hydrogen-bond donors (Lipinski definition) is 1. The summed E-state index contributed by atoms with van der Waals surface area (Å²) in [4.78, 5) is 10.3. The average molecular weight is 160 g/mol. The molecule has 0 aliphatic heterocycles. The number of ether oxygens (including phenoxy) is 1. The molecule has 0 spiro atoms. The lowest BCUT2D eigenvalue weighted by molar-refractivity contribution is -0.139. The average Bonchev–Trinajstić information content (AvgIpc) is 1.86. The predicted molar refractivity (Wildman–Crippen MR) is 42.5 cm³/mol. The van der Waals surface area contributed by atoms with Gasteiger partial charge in [0.05, 0.1) is 12.5 Å². The molecule has 2 atom stereocenters. The number of aliphatic carboxylic acids is 1. The van der Waals surface area contributed by atoms with Gasteiger partial charge in [-0.15, -0.1) is 0 Å². The molecule has 0 amide bonds. The van der Waals surface area contributed by atoms with Crippen LogP contribution in [0.15, 0.2) is 0 Å². The molecule has 0 aromatic rings. The molecular weight excluding hydrogens is 144 g/mol. The summed E-state index contributed by atoms with van der Waals surface area (Å²) < 4.78 is 5.24. The maximum absolute atomic E-state index is 10.3. The molecule has 0 aromatic heterocycles. The molecule has 0 heterocycles. The zero-order chi connectivity index (χ0) is 8.85. The van der Waals surface area contributed by atoms with Crippen molar-refractivity contribution in [3.05, 3.63) is 0 Å². The van der Waals surface area contributed by atoms with Gasteiger partial charge in [-0.1, -0.05) is 6.92 Å². The first-order valence-corrected chi connectivity index (χ1v) is 3.91. The fourth-order valence-corrected chi connectivity index (χ4v) is 0.869. The Kier molecular flexibility index (Phi) is 4.86. The highest BCUT2D eigenvalue weighted by Gasteiger charge is 2.14. The molecule has 0 aliphatic carbocycles. The van der Waals surface area contributed by atoms with Crippen molar-refractivity contribution in [1.29, 1.82) is 0 Å². The van der Waals surface area contributed by atoms with E-state index in [0.717, 1.165) is 0 Å². The van der Waals surface area contributed by atoms with Gasteiger partial charge in [-0.25, -0.2) is 0 Å². The Labute approximate surface area is 67.4 Å². The fourth-order valence-electron chi connectivity index (χ4n) is 0.869. The van der Waals surface area contributed by atoms with Crippen molar-refractivity contribution in [2.45, 2.75) is 33.3 Å². The molecule has 0 saturated heterocycles. The van der Waals surface area contributed by atoms with Crippen LogP contribution < -0.4 is 0 Å². The van der Waals surface area contributed by atoms with E-state index in [-0.39, 0.29) is 18.4 Å². The molecule has 2 unspecified atom stereocenters. The Bertz CT molecular complexity index is 123. The Balaban J connectivity index is 3.63. The second-order valence-electron chi connectivity index (χ2n) is 2.74. The molecule has 0 bridgehead atoms. The van der Waals surface area contributed by atoms with E-state index in [0.29, 0.717) is 6.61 Å². The van der Waals surface area contributed by atoms with E-state index >= 15 is 0 Å². The monoisotopic (exact) mass is 160 g/mol. The van der Waals surface area contributed by atoms with Crippen LogP contribution in [0, 0.1) is 5.92 Å². The Morgan fingerprint density at radius 1 is 1.55 bits per heavy atom. The SMILES string of the molecule is CCOC(C)C(C)CC(=O)O. The zero-order valence-corrected chi connectivity index (χ0v) is 7.33. The van der Waals surface area contributed by atoms with Gasteiger partial charge < -0.3 is 9.84 Å². The maximum atomic E-state index is 10.3. The summed E-state index contributed by atoms with van der Waals surface area (Å²) in [5.74, 6) is -0.670. The topological polar surface area (TPSA) is 46.5 Å². The summed E-state index contributed by atoms with van der Waals surface area (Å²) in [5, 5.41) is 8.45. The van der Waals surface area contributed by atoms with Crippen molar-refractivity contribution >= 4 is 5.97 Å². The van der Waals surface area contributed by atoms with Gasteiger partial charge in [0, 0.05) is 6.61 Å². The van der Waals surface area contributed by atoms with Gasteiger partial charge in [-0.3, -0.25) is 4.79 Å². The smallest absolute Gasteiger partial charge is 0.303 e. The lowest BCUT2D eigenvalue weighted by Gasteiger charge is -2.17. The van der Waals surface area contributed by atoms with E-state index in [9.17, 15) is 4.79 Å². The minimum absolute atomic E-state index is 0.0381. The minimum atomic E-state index is -0.760. The van der Waals surface area contributed by atoms with Gasteiger partial charge in [0.2, 0.25) is 0 Å². The van der Waals surface area contributed by atoms with Crippen LogP contribution in [0.5, 0.6) is 0 Å². The van der Waals surface area contributed by atoms with Crippen molar-refractivity contribution in [3.63, 3.8) is 0 Å². The number of hydrogen-bond acceptors (Lipinski definition) is 2. The maximum Gasteiger partial charge on any atom is 0.303 e. The van der Waals surface area contributed by atoms with Crippen LogP contribution in [-0.2, 0) is 9.53 Å². The standard InChI is InChI=1S/C8H16O3/c1-4-11-7(3)6(2)5-8(9)10/h6-7H,4-5H2,1-3H3,(H,9,10). The molecule has 3 nitrogen and oxygen atoms in total. The van der Waals surface area contributed by atoms with E-state index in [1.165, 1.54) is 0 Å². The lowest BCUT2D eigenvalue weighted by atomic mass is 10.0. The van der Waals surface area contributed by atoms with Crippen molar-refractivity contribution < 1.29 is 14.6 Å². The third-order valence-electron chi connectivity index (χ3n) is 1.73. The highest BCUT2D eigenvalue weighted by Crippen LogP contribution is 2.10. The number of carbonyl (C=O) groups is 1. The second kappa shape index (κ2) is 5.13. The number of carboxylic acid groups (broad SMARTS) is 1. The first-order valence-electron chi connectivity index (χ1n) is 3.91. The molecule has 1 N–H and O–H groups in total. The first-order chi connectivity index (χ1) is 5.07. The number of rotatable bonds is 5. The molecular formula is C8H16O3. The van der Waals surface area contributed by atoms with Crippen molar-refractivity contribution in [2.75, 3.05) is 6.61 Å². The lowest BCUT2D eigenvalue weighted by Crippen LogP contribution is -2.20. The van der Waals surface area contributed by atoms with Crippen molar-refractivity contribution in [1.82, 2.24) is 0 Å². The van der Waals surface area contributed by atoms with Crippen LogP contribution in [0.2, 0.25) is 0 Å². The van der Waals surface area contributed by atoms with Gasteiger partial charge in [0.15, 0.2) is 0 Å². The molecule has 0 rings (SSSR count). The van der Waals surface area contributed by atoms with Crippen LogP contribution in [0.3, 0.4) is 0 Å². The largest absolute Gasteiger partial charge is 0.481 e. The molecule has 0 saturated carbocycles. The second-order valence-corrected chi connectivity index (χ2v) is 2.74. The molecule has 0 aromatic carbocycles. The Morgan fingerprint density at radius 2 is 2.09 bits per heavy atom. The predicted octanol–water partition coefficient (Wildman–Crippen LogP) is 1.52. The summed E-state index contributed by atoms with van der Waals surface area (Å²) in [6.45, 7) is 6.33. The molecule has 0 fully saturated rings. The molecule has 0 radical (unpaired) electrons. The normalized spacial score (nSPS) is 15.9. The van der Waals surface area contributed by atoms with E-state index < -0.39 is 5.97 Å². The summed E-state index contributed by atoms with van der Waals surface area (Å²) >= 11 is 0. The van der Waals surface area contributed by atoms with Gasteiger partial charge in [-0.05, 0) is 19.8 Å². The van der Waals surface area contributed by atoms with Crippen LogP contribution in [0.1, 0.15) is 27.2 Å². The third kappa shape index (κ3) is 4.79. The first kappa shape index (κ1) is 10.4. The highest BCUT2D eigenvalue weighted by atomic mass is 16.5. The van der Waals surface area contributed by atoms with E-state index in [4.69, 9.17) is 9.84 Å². The Hall–Kier alpha value is -0.570. The van der Waals surface area contributed by atoms with Crippen molar-refractivity contribution in [2.24, 2.45) is 5.92 Å². The fraction of sp³-hybridized carbons (Fsp3) is 0.875. The van der Waals surface area contributed by atoms with Crippen LogP contribution in [-0.4, -0.2) is 23.8 Å². The summed E-state index contributed by atoms with van der Waals surface area (Å²) in [6.07, 6.45) is 0.220. The van der Waals surface area contributed by atoms with Gasteiger partial charge in [-0.2, -0.15) is 0 Å². The van der Waals surface area contributed by atoms with E-state index in [1.807, 2.05) is 20.8 Å². The molecule has 66 valence electrons. The Morgan fingerprint density at radius 3 is 2.45 bits per heavy atom. The minimum Gasteiger partial charge on any atom is -0.481 e. The van der Waals surface area contributed by atoms with Crippen LogP contribution in [0.4, 0.5) is 0 Å². The van der Waals surface area contributed by atoms with Gasteiger partial charge in [0.1, 0.15) is 0 Å². The highest BCUT2D eigenvalue weighted by molar-refractivity contribution is 5.67. The summed E-state index contributed by atoms with van der Waals surface area (Å²) in [5.41, 5.74) is 0.